The van der Waals surface area contributed by atoms with Gasteiger partial charge in [0.15, 0.2) is 11.4 Å². The minimum atomic E-state index is -0.397. The van der Waals surface area contributed by atoms with E-state index in [-0.39, 0.29) is 37.1 Å². The second-order valence-corrected chi connectivity index (χ2v) is 18.6. The topological polar surface area (TPSA) is 144 Å². The highest BCUT2D eigenvalue weighted by atomic mass is 79.9. The summed E-state index contributed by atoms with van der Waals surface area (Å²) in [5.74, 6) is -0.738. The molecule has 0 spiro atoms. The minimum absolute atomic E-state index is 0. The minimum Gasteiger partial charge on any atom is -0.461 e. The van der Waals surface area contributed by atoms with E-state index in [2.05, 4.69) is 86.7 Å². The fourth-order valence-electron chi connectivity index (χ4n) is 8.36. The van der Waals surface area contributed by atoms with Crippen molar-refractivity contribution >= 4 is 40.6 Å². The van der Waals surface area contributed by atoms with Crippen molar-refractivity contribution in [2.24, 2.45) is 10.8 Å². The third-order valence-corrected chi connectivity index (χ3v) is 14.2. The molecule has 2 unspecified atom stereocenters. The van der Waals surface area contributed by atoms with E-state index in [1.165, 1.54) is 23.9 Å². The molecule has 5 aliphatic rings. The summed E-state index contributed by atoms with van der Waals surface area (Å²) in [6, 6.07) is 0. The molecule has 2 aromatic rings. The number of rotatable bonds is 14. The quantitative estimate of drug-likeness (QED) is 0.131. The Morgan fingerprint density at radius 2 is 1.21 bits per heavy atom. The number of carbonyl (C=O) groups is 2. The van der Waals surface area contributed by atoms with Gasteiger partial charge in [-0.05, 0) is 145 Å². The van der Waals surface area contributed by atoms with Crippen LogP contribution in [0, 0.1) is 10.8 Å². The molecule has 14 nitrogen and oxygen atoms in total. The lowest BCUT2D eigenvalue weighted by Gasteiger charge is -2.35. The number of allylic oxidation sites excluding steroid dienone is 4. The zero-order chi connectivity index (χ0) is 45.1. The van der Waals surface area contributed by atoms with Crippen molar-refractivity contribution < 1.29 is 47.3 Å². The van der Waals surface area contributed by atoms with Crippen LogP contribution in [0.4, 0.5) is 0 Å². The van der Waals surface area contributed by atoms with Gasteiger partial charge in [0.2, 0.25) is 0 Å². The maximum absolute atomic E-state index is 12.5. The van der Waals surface area contributed by atoms with Crippen molar-refractivity contribution in [3.8, 4) is 0 Å². The van der Waals surface area contributed by atoms with E-state index in [4.69, 9.17) is 37.7 Å². The van der Waals surface area contributed by atoms with Crippen molar-refractivity contribution in [2.45, 2.75) is 166 Å². The maximum Gasteiger partial charge on any atom is 0.490 e. The van der Waals surface area contributed by atoms with Gasteiger partial charge in [0.05, 0.1) is 93.0 Å². The van der Waals surface area contributed by atoms with Crippen LogP contribution in [0.1, 0.15) is 166 Å². The molecule has 0 radical (unpaired) electrons. The summed E-state index contributed by atoms with van der Waals surface area (Å²) in [4.78, 5) is 24.0. The van der Waals surface area contributed by atoms with Gasteiger partial charge in [-0.3, -0.25) is 9.36 Å². The van der Waals surface area contributed by atoms with Crippen molar-refractivity contribution in [2.75, 3.05) is 52.9 Å². The van der Waals surface area contributed by atoms with E-state index < -0.39 is 5.97 Å². The van der Waals surface area contributed by atoms with Crippen molar-refractivity contribution in [1.82, 2.24) is 19.6 Å². The number of ether oxygens (including phenoxy) is 6. The molecule has 0 N–H and O–H groups in total. The smallest absolute Gasteiger partial charge is 0.461 e. The molecule has 2 atom stereocenters. The van der Waals surface area contributed by atoms with E-state index in [0.29, 0.717) is 74.0 Å². The monoisotopic (exact) mass is 946 g/mol. The van der Waals surface area contributed by atoms with Crippen molar-refractivity contribution in [1.29, 1.82) is 0 Å². The summed E-state index contributed by atoms with van der Waals surface area (Å²) in [5, 5.41) is 8.73. The molecule has 7 rings (SSSR count). The van der Waals surface area contributed by atoms with Crippen LogP contribution in [0.5, 0.6) is 0 Å². The van der Waals surface area contributed by atoms with E-state index in [9.17, 15) is 9.59 Å². The first-order valence-corrected chi connectivity index (χ1v) is 23.7. The van der Waals surface area contributed by atoms with Crippen LogP contribution in [0.3, 0.4) is 0 Å². The zero-order valence-corrected chi connectivity index (χ0v) is 40.7. The second kappa shape index (κ2) is 23.6. The molecule has 0 saturated carbocycles. The summed E-state index contributed by atoms with van der Waals surface area (Å²) in [6.45, 7) is 28.2. The number of aromatic nitrogens is 4. The molecular formula is C47H76BBrN4O10. The summed E-state index contributed by atoms with van der Waals surface area (Å²) in [6.07, 6.45) is 13.1. The van der Waals surface area contributed by atoms with Crippen molar-refractivity contribution in [3.05, 3.63) is 50.4 Å². The number of carbonyl (C=O) groups excluding carboxylic acids is 2. The third kappa shape index (κ3) is 12.5. The molecule has 63 heavy (non-hydrogen) atoms. The molecule has 5 heterocycles. The Balaban J connectivity index is 0.000000213. The summed E-state index contributed by atoms with van der Waals surface area (Å²) >= 11 is 3.34. The highest BCUT2D eigenvalue weighted by Crippen LogP contribution is 2.45. The lowest BCUT2D eigenvalue weighted by atomic mass is 9.65. The Kier molecular flexibility index (Phi) is 19.7. The zero-order valence-electron chi connectivity index (χ0n) is 39.1. The Morgan fingerprint density at radius 1 is 0.714 bits per heavy atom. The number of hydrogen-bond donors (Lipinski definition) is 0. The Bertz CT molecular complexity index is 1880. The fraction of sp³-hybridized carbons (Fsp3) is 0.745. The molecule has 1 fully saturated rings. The molecule has 354 valence electrons. The van der Waals surface area contributed by atoms with Gasteiger partial charge in [-0.1, -0.05) is 33.4 Å². The summed E-state index contributed by atoms with van der Waals surface area (Å²) in [5.41, 5.74) is 6.12. The van der Waals surface area contributed by atoms with E-state index in [1.807, 2.05) is 18.5 Å². The van der Waals surface area contributed by atoms with Gasteiger partial charge in [0.25, 0.3) is 0 Å². The van der Waals surface area contributed by atoms with Gasteiger partial charge in [0, 0.05) is 18.8 Å². The highest BCUT2D eigenvalue weighted by molar-refractivity contribution is 9.10. The normalized spacial score (nSPS) is 23.3. The van der Waals surface area contributed by atoms with E-state index in [0.717, 1.165) is 81.9 Å². The van der Waals surface area contributed by atoms with Crippen LogP contribution >= 0.6 is 15.9 Å². The van der Waals surface area contributed by atoms with Crippen LogP contribution in [-0.4, -0.2) is 103 Å². The first-order chi connectivity index (χ1) is 29.6. The predicted octanol–water partition coefficient (Wildman–Crippen LogP) is 9.74. The summed E-state index contributed by atoms with van der Waals surface area (Å²) in [7, 11) is -0.169. The SMILES string of the molecule is C.CCOC(=O)c1nn2c(c1Br)COCC2.CCOCC1(CC)CC=C(B2OC(C)(C)C(C)(C)O2)CC1.CCOCC1(CC)CC=C(c2c(C(=O)OCC)nn3c2COCC3)CC1. The molecule has 16 heteroatoms. The molecule has 3 aliphatic heterocycles. The number of fused-ring (bicyclic) bond motifs is 2. The highest BCUT2D eigenvalue weighted by Gasteiger charge is 2.53. The van der Waals surface area contributed by atoms with Gasteiger partial charge < -0.3 is 37.7 Å². The van der Waals surface area contributed by atoms with Gasteiger partial charge in [0.1, 0.15) is 0 Å². The largest absolute Gasteiger partial charge is 0.490 e. The molecule has 0 bridgehead atoms. The van der Waals surface area contributed by atoms with Crippen LogP contribution in [0.15, 0.2) is 22.1 Å². The van der Waals surface area contributed by atoms with Gasteiger partial charge in [-0.2, -0.15) is 10.2 Å². The number of esters is 2. The molecule has 2 aliphatic carbocycles. The third-order valence-electron chi connectivity index (χ3n) is 13.4. The second-order valence-electron chi connectivity index (χ2n) is 17.8. The average molecular weight is 948 g/mol. The maximum atomic E-state index is 12.5. The Labute approximate surface area is 385 Å². The standard InChI is InChI=1S/C20H30N2O4.C17H31BO3.C9H11BrN2O3.CH4/c1-4-20(14-24-5-2)9-7-15(8-10-20)17-16-13-25-12-11-22(16)21-18(17)19(23)26-6-3;1-7-17(13-19-8-2)11-9-14(10-12-17)18-20-15(3,4)16(5,6)21-18;1-2-15-9(13)8-7(10)6-5-14-4-3-12(6)11-8;/h7H,4-6,8-14H2,1-3H3;9H,7-8,10-13H2,1-6H3;2-5H2,1H3;1H4. The van der Waals surface area contributed by atoms with Gasteiger partial charge >= 0.3 is 19.1 Å². The molecule has 0 aromatic carbocycles. The van der Waals surface area contributed by atoms with Gasteiger partial charge in [-0.25, -0.2) is 9.59 Å². The molecular weight excluding hydrogens is 871 g/mol. The fourth-order valence-corrected chi connectivity index (χ4v) is 8.92. The number of nitrogens with zero attached hydrogens (tertiary/aromatic N) is 4. The van der Waals surface area contributed by atoms with Crippen LogP contribution in [0.25, 0.3) is 5.57 Å². The Hall–Kier alpha value is -2.86. The predicted molar refractivity (Wildman–Crippen MR) is 248 cm³/mol. The Morgan fingerprint density at radius 3 is 1.67 bits per heavy atom. The number of hydrogen-bond acceptors (Lipinski definition) is 12. The summed E-state index contributed by atoms with van der Waals surface area (Å²) < 4.78 is 49.2. The van der Waals surface area contributed by atoms with Crippen LogP contribution in [0.2, 0.25) is 0 Å². The molecule has 1 saturated heterocycles. The average Bonchev–Trinajstić information content (AvgIpc) is 3.90. The first kappa shape index (κ1) is 52.8. The van der Waals surface area contributed by atoms with Crippen molar-refractivity contribution in [3.63, 3.8) is 0 Å². The number of halogens is 1. The lowest BCUT2D eigenvalue weighted by Crippen LogP contribution is -2.41. The lowest BCUT2D eigenvalue weighted by molar-refractivity contribution is 0.00578. The van der Waals surface area contributed by atoms with E-state index in [1.54, 1.807) is 11.6 Å². The first-order valence-electron chi connectivity index (χ1n) is 22.9. The molecule has 2 aromatic heterocycles. The van der Waals surface area contributed by atoms with Crippen LogP contribution in [-0.2, 0) is 64.0 Å². The molecule has 0 amide bonds. The van der Waals surface area contributed by atoms with E-state index >= 15 is 0 Å². The van der Waals surface area contributed by atoms with Gasteiger partial charge in [-0.15, -0.1) is 0 Å². The van der Waals surface area contributed by atoms with Crippen LogP contribution < -0.4 is 0 Å².